The number of esters is 1. The van der Waals surface area contributed by atoms with E-state index in [4.69, 9.17) is 0 Å². The molecule has 4 nitrogen and oxygen atoms in total. The van der Waals surface area contributed by atoms with Crippen molar-refractivity contribution in [3.05, 3.63) is 70.1 Å². The highest BCUT2D eigenvalue weighted by atomic mass is 16.5. The molecular formula is C15H15NO3. The lowest BCUT2D eigenvalue weighted by Crippen LogP contribution is -2.28. The second-order valence-corrected chi connectivity index (χ2v) is 4.21. The Labute approximate surface area is 111 Å². The van der Waals surface area contributed by atoms with Crippen LogP contribution in [0.5, 0.6) is 0 Å². The van der Waals surface area contributed by atoms with Gasteiger partial charge in [-0.05, 0) is 24.6 Å². The lowest BCUT2D eigenvalue weighted by molar-refractivity contribution is 0.0598. The van der Waals surface area contributed by atoms with E-state index in [1.165, 1.54) is 17.7 Å². The molecule has 2 aromatic rings. The van der Waals surface area contributed by atoms with E-state index in [1.807, 2.05) is 37.3 Å². The predicted octanol–water partition coefficient (Wildman–Crippen LogP) is 2.24. The van der Waals surface area contributed by atoms with Crippen molar-refractivity contribution in [3.63, 3.8) is 0 Å². The number of methoxy groups -OCH3 is 1. The Bertz CT molecular complexity index is 631. The van der Waals surface area contributed by atoms with Crippen LogP contribution in [0.25, 0.3) is 0 Å². The van der Waals surface area contributed by atoms with Gasteiger partial charge in [0, 0.05) is 6.20 Å². The van der Waals surface area contributed by atoms with Crippen LogP contribution >= 0.6 is 0 Å². The summed E-state index contributed by atoms with van der Waals surface area (Å²) < 4.78 is 6.13. The zero-order valence-electron chi connectivity index (χ0n) is 10.9. The quantitative estimate of drug-likeness (QED) is 0.792. The SMILES string of the molecule is COC(=O)c1cccn([C@@H](C)c2ccccc2)c1=O. The summed E-state index contributed by atoms with van der Waals surface area (Å²) in [4.78, 5) is 23.8. The first-order valence-electron chi connectivity index (χ1n) is 5.99. The van der Waals surface area contributed by atoms with E-state index in [2.05, 4.69) is 4.74 Å². The molecule has 1 aromatic heterocycles. The molecule has 0 bridgehead atoms. The minimum atomic E-state index is -0.611. The monoisotopic (exact) mass is 257 g/mol. The fraction of sp³-hybridized carbons (Fsp3) is 0.200. The van der Waals surface area contributed by atoms with Crippen LogP contribution in [0.1, 0.15) is 28.9 Å². The Morgan fingerprint density at radius 3 is 2.47 bits per heavy atom. The number of hydrogen-bond donors (Lipinski definition) is 0. The molecule has 0 radical (unpaired) electrons. The van der Waals surface area contributed by atoms with Gasteiger partial charge in [-0.2, -0.15) is 0 Å². The molecule has 1 heterocycles. The molecule has 0 aliphatic carbocycles. The number of carbonyl (C=O) groups excluding carboxylic acids is 1. The summed E-state index contributed by atoms with van der Waals surface area (Å²) in [6.07, 6.45) is 1.67. The van der Waals surface area contributed by atoms with E-state index in [9.17, 15) is 9.59 Å². The molecule has 0 amide bonds. The standard InChI is InChI=1S/C15H15NO3/c1-11(12-7-4-3-5-8-12)16-10-6-9-13(14(16)17)15(18)19-2/h3-11H,1-2H3/t11-/m0/s1. The van der Waals surface area contributed by atoms with Crippen LogP contribution in [0, 0.1) is 0 Å². The molecule has 0 spiro atoms. The fourth-order valence-corrected chi connectivity index (χ4v) is 1.97. The minimum Gasteiger partial charge on any atom is -0.465 e. The highest BCUT2D eigenvalue weighted by Gasteiger charge is 2.15. The van der Waals surface area contributed by atoms with Crippen LogP contribution in [0.15, 0.2) is 53.5 Å². The van der Waals surface area contributed by atoms with E-state index in [0.717, 1.165) is 5.56 Å². The maximum atomic E-state index is 12.2. The smallest absolute Gasteiger partial charge is 0.343 e. The van der Waals surface area contributed by atoms with E-state index in [0.29, 0.717) is 0 Å². The number of ether oxygens (including phenoxy) is 1. The largest absolute Gasteiger partial charge is 0.465 e. The Hall–Kier alpha value is -2.36. The zero-order chi connectivity index (χ0) is 13.8. The van der Waals surface area contributed by atoms with E-state index >= 15 is 0 Å². The van der Waals surface area contributed by atoms with Gasteiger partial charge in [0.2, 0.25) is 0 Å². The van der Waals surface area contributed by atoms with Crippen LogP contribution in [0.2, 0.25) is 0 Å². The third kappa shape index (κ3) is 2.57. The average molecular weight is 257 g/mol. The molecular weight excluding hydrogens is 242 g/mol. The van der Waals surface area contributed by atoms with Crippen LogP contribution in [0.3, 0.4) is 0 Å². The van der Waals surface area contributed by atoms with Gasteiger partial charge in [-0.3, -0.25) is 4.79 Å². The van der Waals surface area contributed by atoms with Gasteiger partial charge in [-0.25, -0.2) is 4.79 Å². The highest BCUT2D eigenvalue weighted by molar-refractivity contribution is 5.88. The van der Waals surface area contributed by atoms with Crippen molar-refractivity contribution in [2.75, 3.05) is 7.11 Å². The maximum absolute atomic E-state index is 12.2. The van der Waals surface area contributed by atoms with Gasteiger partial charge in [-0.1, -0.05) is 30.3 Å². The van der Waals surface area contributed by atoms with Crippen LogP contribution in [-0.4, -0.2) is 17.6 Å². The summed E-state index contributed by atoms with van der Waals surface area (Å²) in [6, 6.07) is 12.7. The van der Waals surface area contributed by atoms with Crippen molar-refractivity contribution >= 4 is 5.97 Å². The lowest BCUT2D eigenvalue weighted by atomic mass is 10.1. The second kappa shape index (κ2) is 5.52. The maximum Gasteiger partial charge on any atom is 0.343 e. The summed E-state index contributed by atoms with van der Waals surface area (Å²) in [5.74, 6) is -0.611. The van der Waals surface area contributed by atoms with Crippen molar-refractivity contribution in [2.24, 2.45) is 0 Å². The van der Waals surface area contributed by atoms with Crippen molar-refractivity contribution in [3.8, 4) is 0 Å². The van der Waals surface area contributed by atoms with Crippen molar-refractivity contribution in [1.29, 1.82) is 0 Å². The first-order chi connectivity index (χ1) is 9.15. The molecule has 0 unspecified atom stereocenters. The highest BCUT2D eigenvalue weighted by Crippen LogP contribution is 2.15. The minimum absolute atomic E-state index is 0.0489. The molecule has 0 saturated carbocycles. The van der Waals surface area contributed by atoms with E-state index < -0.39 is 5.97 Å². The van der Waals surface area contributed by atoms with Crippen molar-refractivity contribution < 1.29 is 9.53 Å². The van der Waals surface area contributed by atoms with Crippen LogP contribution in [0.4, 0.5) is 0 Å². The molecule has 2 rings (SSSR count). The summed E-state index contributed by atoms with van der Waals surface area (Å²) in [5, 5.41) is 0. The second-order valence-electron chi connectivity index (χ2n) is 4.21. The van der Waals surface area contributed by atoms with Crippen LogP contribution < -0.4 is 5.56 Å². The normalized spacial score (nSPS) is 11.9. The van der Waals surface area contributed by atoms with E-state index in [1.54, 1.807) is 12.3 Å². The Balaban J connectivity index is 2.47. The fourth-order valence-electron chi connectivity index (χ4n) is 1.97. The van der Waals surface area contributed by atoms with Gasteiger partial charge < -0.3 is 9.30 Å². The molecule has 0 aliphatic heterocycles. The molecule has 4 heteroatoms. The van der Waals surface area contributed by atoms with Gasteiger partial charge in [0.1, 0.15) is 5.56 Å². The third-order valence-corrected chi connectivity index (χ3v) is 3.08. The van der Waals surface area contributed by atoms with Crippen molar-refractivity contribution in [1.82, 2.24) is 4.57 Å². The summed E-state index contributed by atoms with van der Waals surface area (Å²) in [6.45, 7) is 1.91. The molecule has 0 saturated heterocycles. The summed E-state index contributed by atoms with van der Waals surface area (Å²) in [7, 11) is 1.26. The van der Waals surface area contributed by atoms with Gasteiger partial charge in [0.25, 0.3) is 5.56 Å². The lowest BCUT2D eigenvalue weighted by Gasteiger charge is -2.16. The van der Waals surface area contributed by atoms with E-state index in [-0.39, 0.29) is 17.2 Å². The summed E-state index contributed by atoms with van der Waals surface area (Å²) >= 11 is 0. The average Bonchev–Trinajstić information content (AvgIpc) is 2.47. The molecule has 98 valence electrons. The topological polar surface area (TPSA) is 48.3 Å². The number of nitrogens with zero attached hydrogens (tertiary/aromatic N) is 1. The molecule has 1 aromatic carbocycles. The molecule has 1 atom stereocenters. The van der Waals surface area contributed by atoms with Crippen molar-refractivity contribution in [2.45, 2.75) is 13.0 Å². The van der Waals surface area contributed by atoms with Gasteiger partial charge in [0.05, 0.1) is 13.2 Å². The predicted molar refractivity (Wildman–Crippen MR) is 72.3 cm³/mol. The molecule has 19 heavy (non-hydrogen) atoms. The Morgan fingerprint density at radius 1 is 1.16 bits per heavy atom. The van der Waals surface area contributed by atoms with Gasteiger partial charge in [-0.15, -0.1) is 0 Å². The Morgan fingerprint density at radius 2 is 1.84 bits per heavy atom. The first kappa shape index (κ1) is 13.1. The zero-order valence-corrected chi connectivity index (χ0v) is 10.9. The molecule has 0 fully saturated rings. The number of benzene rings is 1. The van der Waals surface area contributed by atoms with Crippen LogP contribution in [-0.2, 0) is 4.74 Å². The third-order valence-electron chi connectivity index (χ3n) is 3.08. The number of pyridine rings is 1. The number of rotatable bonds is 3. The number of carbonyl (C=O) groups is 1. The number of hydrogen-bond acceptors (Lipinski definition) is 3. The van der Waals surface area contributed by atoms with Gasteiger partial charge >= 0.3 is 5.97 Å². The molecule has 0 N–H and O–H groups in total. The summed E-state index contributed by atoms with van der Waals surface area (Å²) in [5.41, 5.74) is 0.713. The Kier molecular flexibility index (Phi) is 3.80. The molecule has 0 aliphatic rings. The van der Waals surface area contributed by atoms with Gasteiger partial charge in [0.15, 0.2) is 0 Å². The first-order valence-corrected chi connectivity index (χ1v) is 5.99. The number of aromatic nitrogens is 1.